The highest BCUT2D eigenvalue weighted by atomic mass is 19.1. The first-order chi connectivity index (χ1) is 8.32. The number of halogens is 1. The van der Waals surface area contributed by atoms with E-state index in [2.05, 4.69) is 4.74 Å². The molecule has 10 heteroatoms. The summed E-state index contributed by atoms with van der Waals surface area (Å²) in [5.41, 5.74) is -0.852. The van der Waals surface area contributed by atoms with Crippen LogP contribution in [0, 0.1) is 26.0 Å². The maximum absolute atomic E-state index is 13.1. The fourth-order valence-electron chi connectivity index (χ4n) is 1.02. The van der Waals surface area contributed by atoms with Gasteiger partial charge in [-0.05, 0) is 6.07 Å². The molecule has 0 radical (unpaired) electrons. The Morgan fingerprint density at radius 1 is 1.39 bits per heavy atom. The van der Waals surface area contributed by atoms with E-state index in [0.717, 1.165) is 6.07 Å². The number of hydrogen-bond acceptors (Lipinski definition) is 6. The van der Waals surface area contributed by atoms with Gasteiger partial charge in [-0.15, -0.1) is 0 Å². The van der Waals surface area contributed by atoms with E-state index in [9.17, 15) is 29.4 Å². The first-order valence-corrected chi connectivity index (χ1v) is 4.30. The third-order valence-corrected chi connectivity index (χ3v) is 1.77. The Morgan fingerprint density at radius 3 is 2.39 bits per heavy atom. The molecule has 1 N–H and O–H groups in total. The SMILES string of the molecule is O=C(O)C(Oc1ccc([N+](=O)[O-])c(F)c1)[N+](=O)[O-]. The molecule has 0 spiro atoms. The highest BCUT2D eigenvalue weighted by Crippen LogP contribution is 2.23. The number of benzene rings is 1. The Hall–Kier alpha value is -2.78. The molecule has 18 heavy (non-hydrogen) atoms. The molecule has 0 heterocycles. The number of carboxylic acids is 1. The number of nitro benzene ring substituents is 1. The lowest BCUT2D eigenvalue weighted by molar-refractivity contribution is -0.548. The molecule has 1 aromatic carbocycles. The largest absolute Gasteiger partial charge is 0.473 e. The smallest absolute Gasteiger partial charge is 0.451 e. The molecule has 1 unspecified atom stereocenters. The molecular weight excluding hydrogens is 255 g/mol. The monoisotopic (exact) mass is 260 g/mol. The molecule has 1 atom stereocenters. The minimum atomic E-state index is -2.41. The van der Waals surface area contributed by atoms with Gasteiger partial charge in [-0.3, -0.25) is 20.2 Å². The fourth-order valence-corrected chi connectivity index (χ4v) is 1.02. The number of aliphatic carboxylic acids is 1. The summed E-state index contributed by atoms with van der Waals surface area (Å²) in [6.45, 7) is 0. The molecule has 9 nitrogen and oxygen atoms in total. The number of hydrogen-bond donors (Lipinski definition) is 1. The van der Waals surface area contributed by atoms with Crippen molar-refractivity contribution < 1.29 is 28.9 Å². The molecule has 0 aliphatic carbocycles. The van der Waals surface area contributed by atoms with Gasteiger partial charge in [0.1, 0.15) is 5.75 Å². The number of nitro groups is 2. The topological polar surface area (TPSA) is 133 Å². The van der Waals surface area contributed by atoms with E-state index in [-0.39, 0.29) is 0 Å². The molecule has 1 rings (SSSR count). The molecule has 1 aromatic rings. The van der Waals surface area contributed by atoms with E-state index >= 15 is 0 Å². The third kappa shape index (κ3) is 2.87. The zero-order valence-electron chi connectivity index (χ0n) is 8.48. The van der Waals surface area contributed by atoms with Gasteiger partial charge in [-0.1, -0.05) is 0 Å². The van der Waals surface area contributed by atoms with Crippen LogP contribution in [0.15, 0.2) is 18.2 Å². The average Bonchev–Trinajstić information content (AvgIpc) is 2.24. The molecule has 0 aromatic heterocycles. The normalized spacial score (nSPS) is 11.6. The van der Waals surface area contributed by atoms with Crippen molar-refractivity contribution >= 4 is 11.7 Å². The Kier molecular flexibility index (Phi) is 3.72. The number of ether oxygens (including phenoxy) is 1. The molecule has 96 valence electrons. The molecule has 0 saturated carbocycles. The summed E-state index contributed by atoms with van der Waals surface area (Å²) in [6.07, 6.45) is -2.41. The number of rotatable bonds is 5. The summed E-state index contributed by atoms with van der Waals surface area (Å²) in [4.78, 5) is 28.8. The summed E-state index contributed by atoms with van der Waals surface area (Å²) in [5, 5.41) is 29.0. The Labute approximate surface area is 97.7 Å². The van der Waals surface area contributed by atoms with Crippen molar-refractivity contribution in [2.75, 3.05) is 0 Å². The second kappa shape index (κ2) is 5.03. The van der Waals surface area contributed by atoms with Gasteiger partial charge < -0.3 is 9.84 Å². The van der Waals surface area contributed by atoms with E-state index in [1.807, 2.05) is 0 Å². The van der Waals surface area contributed by atoms with Gasteiger partial charge in [0, 0.05) is 12.1 Å². The van der Waals surface area contributed by atoms with E-state index in [4.69, 9.17) is 5.11 Å². The summed E-state index contributed by atoms with van der Waals surface area (Å²) in [6, 6.07) is 2.07. The van der Waals surface area contributed by atoms with Crippen LogP contribution in [0.25, 0.3) is 0 Å². The lowest BCUT2D eigenvalue weighted by Crippen LogP contribution is -2.34. The van der Waals surface area contributed by atoms with Crippen molar-refractivity contribution in [1.82, 2.24) is 0 Å². The van der Waals surface area contributed by atoms with Crippen molar-refractivity contribution in [2.45, 2.75) is 6.23 Å². The molecule has 0 aliphatic rings. The molecular formula is C8H5FN2O7. The molecule has 0 aliphatic heterocycles. The molecule has 0 bridgehead atoms. The van der Waals surface area contributed by atoms with Crippen LogP contribution in [-0.4, -0.2) is 27.2 Å². The summed E-state index contributed by atoms with van der Waals surface area (Å²) in [7, 11) is 0. The van der Waals surface area contributed by atoms with Crippen molar-refractivity contribution in [2.24, 2.45) is 0 Å². The zero-order valence-corrected chi connectivity index (χ0v) is 8.48. The van der Waals surface area contributed by atoms with Crippen molar-refractivity contribution in [3.63, 3.8) is 0 Å². The summed E-state index contributed by atoms with van der Waals surface area (Å²) in [5.74, 6) is -3.66. The highest BCUT2D eigenvalue weighted by molar-refractivity contribution is 5.70. The van der Waals surface area contributed by atoms with E-state index in [1.54, 1.807) is 0 Å². The first-order valence-electron chi connectivity index (χ1n) is 4.30. The van der Waals surface area contributed by atoms with Crippen LogP contribution < -0.4 is 4.74 Å². The van der Waals surface area contributed by atoms with Crippen LogP contribution in [0.1, 0.15) is 0 Å². The van der Waals surface area contributed by atoms with Crippen LogP contribution in [0.5, 0.6) is 5.75 Å². The van der Waals surface area contributed by atoms with Gasteiger partial charge >= 0.3 is 17.9 Å². The first kappa shape index (κ1) is 13.3. The van der Waals surface area contributed by atoms with Crippen molar-refractivity contribution in [1.29, 1.82) is 0 Å². The second-order valence-electron chi connectivity index (χ2n) is 2.96. The van der Waals surface area contributed by atoms with Crippen LogP contribution in [0.4, 0.5) is 10.1 Å². The minimum absolute atomic E-state index is 0.498. The van der Waals surface area contributed by atoms with Gasteiger partial charge in [-0.2, -0.15) is 4.39 Å². The van der Waals surface area contributed by atoms with Crippen LogP contribution >= 0.6 is 0 Å². The third-order valence-electron chi connectivity index (χ3n) is 1.77. The van der Waals surface area contributed by atoms with Gasteiger partial charge in [0.05, 0.1) is 9.85 Å². The molecule has 0 amide bonds. The fraction of sp³-hybridized carbons (Fsp3) is 0.125. The molecule has 0 fully saturated rings. The number of nitrogens with zero attached hydrogens (tertiary/aromatic N) is 2. The summed E-state index contributed by atoms with van der Waals surface area (Å²) >= 11 is 0. The number of carboxylic acid groups (broad SMARTS) is 1. The van der Waals surface area contributed by atoms with Crippen molar-refractivity contribution in [3.05, 3.63) is 44.2 Å². The lowest BCUT2D eigenvalue weighted by Gasteiger charge is -2.07. The predicted molar refractivity (Wildman–Crippen MR) is 52.1 cm³/mol. The maximum Gasteiger partial charge on any atom is 0.451 e. The number of carbonyl (C=O) groups is 1. The Morgan fingerprint density at radius 2 is 2.00 bits per heavy atom. The van der Waals surface area contributed by atoms with Crippen LogP contribution in [-0.2, 0) is 4.79 Å². The van der Waals surface area contributed by atoms with Gasteiger partial charge in [0.25, 0.3) is 0 Å². The average molecular weight is 260 g/mol. The minimum Gasteiger partial charge on any atom is -0.473 e. The van der Waals surface area contributed by atoms with Gasteiger partial charge in [0.2, 0.25) is 5.82 Å². The van der Waals surface area contributed by atoms with Gasteiger partial charge in [-0.25, -0.2) is 4.79 Å². The highest BCUT2D eigenvalue weighted by Gasteiger charge is 2.32. The van der Waals surface area contributed by atoms with Crippen molar-refractivity contribution in [3.8, 4) is 5.75 Å². The van der Waals surface area contributed by atoms with E-state index in [1.165, 1.54) is 0 Å². The second-order valence-corrected chi connectivity index (χ2v) is 2.96. The van der Waals surface area contributed by atoms with Crippen LogP contribution in [0.2, 0.25) is 0 Å². The van der Waals surface area contributed by atoms with E-state index < -0.39 is 39.3 Å². The quantitative estimate of drug-likeness (QED) is 0.470. The summed E-state index contributed by atoms with van der Waals surface area (Å²) < 4.78 is 17.5. The van der Waals surface area contributed by atoms with E-state index in [0.29, 0.717) is 12.1 Å². The maximum atomic E-state index is 13.1. The lowest BCUT2D eigenvalue weighted by atomic mass is 10.3. The zero-order chi connectivity index (χ0) is 13.9. The van der Waals surface area contributed by atoms with Crippen LogP contribution in [0.3, 0.4) is 0 Å². The predicted octanol–water partition coefficient (Wildman–Crippen LogP) is 0.800. The standard InChI is InChI=1S/C8H5FN2O7/c9-5-3-4(1-2-6(5)10(14)15)18-7(8(12)13)11(16)17/h1-3,7H,(H,12,13). The molecule has 0 saturated heterocycles. The Bertz CT molecular complexity index is 504. The van der Waals surface area contributed by atoms with Gasteiger partial charge in [0.15, 0.2) is 0 Å². The Balaban J connectivity index is 2.99.